The second-order valence-corrected chi connectivity index (χ2v) is 2.72. The van der Waals surface area contributed by atoms with Crippen molar-refractivity contribution in [1.29, 1.82) is 5.26 Å². The molecule has 0 aliphatic carbocycles. The van der Waals surface area contributed by atoms with Crippen LogP contribution in [-0.4, -0.2) is 11.3 Å². The first-order valence-corrected chi connectivity index (χ1v) is 3.82. The molecule has 0 fully saturated rings. The number of nitriles is 1. The van der Waals surface area contributed by atoms with Crippen LogP contribution < -0.4 is 10.5 Å². The highest BCUT2D eigenvalue weighted by molar-refractivity contribution is 6.31. The summed E-state index contributed by atoms with van der Waals surface area (Å²) in [5.41, 5.74) is 4.50. The molecule has 80 valence electrons. The number of nitrogens with two attached hydrogens (primary N) is 1. The monoisotopic (exact) mass is 237 g/mol. The normalized spacial score (nSPS) is 10.9. The first-order chi connectivity index (χ1) is 6.85. The molecule has 0 unspecified atom stereocenters. The zero-order valence-electron chi connectivity index (χ0n) is 6.97. The highest BCUT2D eigenvalue weighted by atomic mass is 35.5. The lowest BCUT2D eigenvalue weighted by Gasteiger charge is -2.12. The van der Waals surface area contributed by atoms with E-state index in [0.717, 1.165) is 6.20 Å². The van der Waals surface area contributed by atoms with Gasteiger partial charge in [0.1, 0.15) is 6.07 Å². The van der Waals surface area contributed by atoms with Gasteiger partial charge in [-0.25, -0.2) is 4.98 Å². The van der Waals surface area contributed by atoms with Crippen molar-refractivity contribution in [2.75, 3.05) is 5.73 Å². The second kappa shape index (κ2) is 3.82. The Balaban J connectivity index is 3.23. The van der Waals surface area contributed by atoms with Gasteiger partial charge >= 0.3 is 6.36 Å². The van der Waals surface area contributed by atoms with E-state index in [1.165, 1.54) is 0 Å². The maximum Gasteiger partial charge on any atom is 0.573 e. The minimum atomic E-state index is -4.94. The van der Waals surface area contributed by atoms with Gasteiger partial charge in [-0.3, -0.25) is 0 Å². The molecule has 0 amide bonds. The highest BCUT2D eigenvalue weighted by Gasteiger charge is 2.33. The molecule has 0 atom stereocenters. The van der Waals surface area contributed by atoms with E-state index < -0.39 is 23.0 Å². The molecular formula is C7H3ClF3N3O. The first-order valence-electron chi connectivity index (χ1n) is 3.45. The smallest absolute Gasteiger partial charge is 0.400 e. The molecule has 0 saturated carbocycles. The van der Waals surface area contributed by atoms with E-state index in [2.05, 4.69) is 9.72 Å². The van der Waals surface area contributed by atoms with Crippen LogP contribution >= 0.6 is 11.6 Å². The molecular weight excluding hydrogens is 235 g/mol. The van der Waals surface area contributed by atoms with E-state index in [9.17, 15) is 13.2 Å². The number of hydrogen-bond acceptors (Lipinski definition) is 4. The molecule has 0 saturated heterocycles. The molecule has 2 N–H and O–H groups in total. The number of alkyl halides is 3. The maximum atomic E-state index is 11.9. The number of halogens is 4. The lowest BCUT2D eigenvalue weighted by molar-refractivity contribution is -0.274. The van der Waals surface area contributed by atoms with Gasteiger partial charge in [0.15, 0.2) is 10.9 Å². The van der Waals surface area contributed by atoms with Gasteiger partial charge in [-0.15, -0.1) is 13.2 Å². The number of anilines is 1. The predicted octanol–water partition coefficient (Wildman–Crippen LogP) is 2.09. The van der Waals surface area contributed by atoms with Crippen molar-refractivity contribution in [1.82, 2.24) is 4.98 Å². The Morgan fingerprint density at radius 2 is 2.13 bits per heavy atom. The van der Waals surface area contributed by atoms with Gasteiger partial charge in [0.25, 0.3) is 0 Å². The number of ether oxygens (including phenoxy) is 1. The Hall–Kier alpha value is -1.68. The zero-order chi connectivity index (χ0) is 11.6. The first kappa shape index (κ1) is 11.4. The summed E-state index contributed by atoms with van der Waals surface area (Å²) in [6.07, 6.45) is -3.98. The lowest BCUT2D eigenvalue weighted by Crippen LogP contribution is -2.19. The van der Waals surface area contributed by atoms with Crippen LogP contribution in [0.1, 0.15) is 5.56 Å². The van der Waals surface area contributed by atoms with E-state index in [1.54, 1.807) is 6.07 Å². The van der Waals surface area contributed by atoms with Gasteiger partial charge in [-0.05, 0) is 0 Å². The quantitative estimate of drug-likeness (QED) is 0.759. The van der Waals surface area contributed by atoms with E-state index in [1.807, 2.05) is 0 Å². The molecule has 1 rings (SSSR count). The van der Waals surface area contributed by atoms with Gasteiger partial charge in [-0.1, -0.05) is 11.6 Å². The molecule has 1 heterocycles. The van der Waals surface area contributed by atoms with Crippen LogP contribution in [-0.2, 0) is 0 Å². The fraction of sp³-hybridized carbons (Fsp3) is 0.143. The van der Waals surface area contributed by atoms with Gasteiger partial charge in [0, 0.05) is 6.20 Å². The van der Waals surface area contributed by atoms with Crippen molar-refractivity contribution in [3.05, 3.63) is 16.9 Å². The minimum Gasteiger partial charge on any atom is -0.400 e. The molecule has 4 nitrogen and oxygen atoms in total. The topological polar surface area (TPSA) is 71.9 Å². The third kappa shape index (κ3) is 2.63. The number of rotatable bonds is 1. The van der Waals surface area contributed by atoms with Crippen molar-refractivity contribution >= 4 is 17.3 Å². The van der Waals surface area contributed by atoms with Gasteiger partial charge in [-0.2, -0.15) is 5.26 Å². The molecule has 0 aliphatic heterocycles. The molecule has 1 aromatic rings. The third-order valence-electron chi connectivity index (χ3n) is 1.37. The predicted molar refractivity (Wildman–Crippen MR) is 45.1 cm³/mol. The van der Waals surface area contributed by atoms with Crippen LogP contribution in [0.15, 0.2) is 6.20 Å². The molecule has 0 aromatic carbocycles. The fourth-order valence-electron chi connectivity index (χ4n) is 0.785. The molecule has 8 heteroatoms. The maximum absolute atomic E-state index is 11.9. The second-order valence-electron chi connectivity index (χ2n) is 2.37. The number of pyridine rings is 1. The Labute approximate surface area is 87.0 Å². The van der Waals surface area contributed by atoms with Crippen molar-refractivity contribution < 1.29 is 17.9 Å². The van der Waals surface area contributed by atoms with Crippen molar-refractivity contribution in [2.24, 2.45) is 0 Å². The number of nitrogens with zero attached hydrogens (tertiary/aromatic N) is 2. The molecule has 1 aromatic heterocycles. The average molecular weight is 238 g/mol. The van der Waals surface area contributed by atoms with Crippen molar-refractivity contribution in [2.45, 2.75) is 6.36 Å². The SMILES string of the molecule is N#Cc1cnc(Cl)c(OC(F)(F)F)c1N. The van der Waals surface area contributed by atoms with E-state index in [-0.39, 0.29) is 5.56 Å². The van der Waals surface area contributed by atoms with Crippen LogP contribution in [0, 0.1) is 11.3 Å². The summed E-state index contributed by atoms with van der Waals surface area (Å²) in [5.74, 6) is -0.858. The van der Waals surface area contributed by atoms with Gasteiger partial charge < -0.3 is 10.5 Å². The summed E-state index contributed by atoms with van der Waals surface area (Å²) in [7, 11) is 0. The molecule has 0 radical (unpaired) electrons. The highest BCUT2D eigenvalue weighted by Crippen LogP contribution is 2.35. The molecule has 0 aliphatic rings. The summed E-state index contributed by atoms with van der Waals surface area (Å²) in [4.78, 5) is 3.33. The summed E-state index contributed by atoms with van der Waals surface area (Å²) < 4.78 is 39.2. The number of nitrogen functional groups attached to an aromatic ring is 1. The van der Waals surface area contributed by atoms with Crippen LogP contribution in [0.25, 0.3) is 0 Å². The third-order valence-corrected chi connectivity index (χ3v) is 1.64. The van der Waals surface area contributed by atoms with E-state index in [0.29, 0.717) is 0 Å². The minimum absolute atomic E-state index is 0.237. The van der Waals surface area contributed by atoms with Crippen LogP contribution in [0.3, 0.4) is 0 Å². The van der Waals surface area contributed by atoms with E-state index in [4.69, 9.17) is 22.6 Å². The molecule has 15 heavy (non-hydrogen) atoms. The fourth-order valence-corrected chi connectivity index (χ4v) is 0.974. The van der Waals surface area contributed by atoms with Gasteiger partial charge in [0.05, 0.1) is 11.3 Å². The average Bonchev–Trinajstić information content (AvgIpc) is 2.11. The lowest BCUT2D eigenvalue weighted by atomic mass is 10.2. The van der Waals surface area contributed by atoms with Crippen molar-refractivity contribution in [3.8, 4) is 11.8 Å². The summed E-state index contributed by atoms with van der Waals surface area (Å²) in [6, 6.07) is 1.56. The summed E-state index contributed by atoms with van der Waals surface area (Å²) in [6.45, 7) is 0. The van der Waals surface area contributed by atoms with Crippen LogP contribution in [0.4, 0.5) is 18.9 Å². The van der Waals surface area contributed by atoms with Gasteiger partial charge in [0.2, 0.25) is 0 Å². The Morgan fingerprint density at radius 3 is 2.60 bits per heavy atom. The number of aromatic nitrogens is 1. The van der Waals surface area contributed by atoms with E-state index >= 15 is 0 Å². The summed E-state index contributed by atoms with van der Waals surface area (Å²) in [5, 5.41) is 7.93. The van der Waals surface area contributed by atoms with Crippen LogP contribution in [0.5, 0.6) is 5.75 Å². The van der Waals surface area contributed by atoms with Crippen molar-refractivity contribution in [3.63, 3.8) is 0 Å². The Kier molecular flexibility index (Phi) is 2.90. The zero-order valence-corrected chi connectivity index (χ0v) is 7.73. The summed E-state index contributed by atoms with van der Waals surface area (Å²) >= 11 is 5.34. The standard InChI is InChI=1S/C7H3ClF3N3O/c8-6-5(15-7(9,10)11)4(13)3(1-12)2-14-6/h2H,(H2,13,14). The molecule has 0 spiro atoms. The van der Waals surface area contributed by atoms with Crippen LogP contribution in [0.2, 0.25) is 5.15 Å². The Bertz CT molecular complexity index is 427. The number of hydrogen-bond donors (Lipinski definition) is 1. The Morgan fingerprint density at radius 1 is 1.53 bits per heavy atom. The largest absolute Gasteiger partial charge is 0.573 e. The molecule has 0 bridgehead atoms.